The summed E-state index contributed by atoms with van der Waals surface area (Å²) in [5, 5.41) is 0. The first-order valence-corrected chi connectivity index (χ1v) is 17.1. The molecular weight excluding hydrogens is 405 g/mol. The van der Waals surface area contributed by atoms with Crippen molar-refractivity contribution in [1.29, 1.82) is 0 Å². The number of imidazole rings is 1. The lowest BCUT2D eigenvalue weighted by Gasteiger charge is -2.30. The number of nitrogen functional groups attached to an aromatic ring is 1. The number of hydrogen-bond donors (Lipinski definition) is 1. The number of nitrogens with zero attached hydrogens (tertiary/aromatic N) is 4. The normalized spacial score (nSPS) is 13.3. The van der Waals surface area contributed by atoms with Crippen LogP contribution in [0.4, 0.5) is 5.82 Å². The van der Waals surface area contributed by atoms with Gasteiger partial charge in [0.15, 0.2) is 28.0 Å². The Morgan fingerprint density at radius 2 is 1.67 bits per heavy atom. The van der Waals surface area contributed by atoms with Crippen molar-refractivity contribution in [2.24, 2.45) is 0 Å². The molecule has 0 saturated carbocycles. The molecule has 152 valence electrons. The van der Waals surface area contributed by atoms with Crippen molar-refractivity contribution in [2.75, 3.05) is 25.3 Å². The van der Waals surface area contributed by atoms with E-state index in [0.29, 0.717) is 11.2 Å². The van der Waals surface area contributed by atoms with Crippen molar-refractivity contribution in [1.82, 2.24) is 19.7 Å². The van der Waals surface area contributed by atoms with Crippen LogP contribution in [0.1, 0.15) is 0 Å². The van der Waals surface area contributed by atoms with Crippen LogP contribution < -0.4 is 10.6 Å². The first-order valence-electron chi connectivity index (χ1n) is 8.54. The number of aromatic nitrogens is 4. The van der Waals surface area contributed by atoms with E-state index in [1.165, 1.54) is 17.4 Å². The molecule has 0 radical (unpaired) electrons. The van der Waals surface area contributed by atoms with Crippen LogP contribution in [-0.2, 0) is 17.7 Å². The van der Waals surface area contributed by atoms with Gasteiger partial charge in [0.25, 0.3) is 0 Å². The Morgan fingerprint density at radius 1 is 1.04 bits per heavy atom. The Balaban J connectivity index is 1.89. The summed E-state index contributed by atoms with van der Waals surface area (Å²) in [6.45, 7) is 12.2. The standard InChI is InChI=1S/C14H28N5O5PSi2/c1-26(2,3)23-25(20,24-27(4,5)6)11-21-7-8-22-19-10-18-12-13(15)16-9-17-14(12)19/h9-10H,7-8,11H2,1-6H3,(H2,15,16,17). The zero-order valence-corrected chi connectivity index (χ0v) is 19.5. The molecular formula is C14H28N5O5PSi2. The molecule has 13 heteroatoms. The van der Waals surface area contributed by atoms with Gasteiger partial charge in [-0.05, 0) is 39.3 Å². The van der Waals surface area contributed by atoms with Crippen LogP contribution in [0.2, 0.25) is 39.3 Å². The first-order chi connectivity index (χ1) is 12.4. The smallest absolute Gasteiger partial charge is 0.336 e. The van der Waals surface area contributed by atoms with Gasteiger partial charge in [-0.2, -0.15) is 4.73 Å². The van der Waals surface area contributed by atoms with Crippen molar-refractivity contribution in [3.05, 3.63) is 12.7 Å². The Bertz CT molecular complexity index is 800. The number of ether oxygens (including phenoxy) is 1. The summed E-state index contributed by atoms with van der Waals surface area (Å²) in [5.41, 5.74) is 6.67. The van der Waals surface area contributed by atoms with E-state index in [2.05, 4.69) is 15.0 Å². The Hall–Kier alpha value is -1.31. The molecule has 0 atom stereocenters. The van der Waals surface area contributed by atoms with Gasteiger partial charge < -0.3 is 23.7 Å². The molecule has 0 amide bonds. The minimum Gasteiger partial charge on any atom is -0.408 e. The van der Waals surface area contributed by atoms with E-state index >= 15 is 0 Å². The van der Waals surface area contributed by atoms with Crippen LogP contribution >= 0.6 is 7.60 Å². The summed E-state index contributed by atoms with van der Waals surface area (Å²) in [6, 6.07) is 0. The summed E-state index contributed by atoms with van der Waals surface area (Å²) in [7, 11) is -7.43. The zero-order valence-electron chi connectivity index (χ0n) is 16.6. The van der Waals surface area contributed by atoms with Gasteiger partial charge in [0, 0.05) is 0 Å². The third kappa shape index (κ3) is 6.98. The fourth-order valence-electron chi connectivity index (χ4n) is 2.20. The predicted molar refractivity (Wildman–Crippen MR) is 108 cm³/mol. The summed E-state index contributed by atoms with van der Waals surface area (Å²) >= 11 is 0. The third-order valence-electron chi connectivity index (χ3n) is 2.87. The van der Waals surface area contributed by atoms with Crippen LogP contribution in [0.15, 0.2) is 12.7 Å². The molecule has 2 N–H and O–H groups in total. The van der Waals surface area contributed by atoms with Gasteiger partial charge in [-0.15, -0.1) is 0 Å². The average Bonchev–Trinajstić information content (AvgIpc) is 2.87. The molecule has 2 rings (SSSR count). The molecule has 0 fully saturated rings. The first kappa shape index (κ1) is 22.0. The van der Waals surface area contributed by atoms with Gasteiger partial charge in [0.05, 0.1) is 6.61 Å². The molecule has 2 aromatic rings. The maximum absolute atomic E-state index is 13.1. The second kappa shape index (κ2) is 8.37. The molecule has 27 heavy (non-hydrogen) atoms. The van der Waals surface area contributed by atoms with Crippen molar-refractivity contribution in [2.45, 2.75) is 39.3 Å². The molecule has 2 heterocycles. The maximum atomic E-state index is 13.1. The number of hydrogen-bond acceptors (Lipinski definition) is 9. The molecule has 0 unspecified atom stereocenters. The summed E-state index contributed by atoms with van der Waals surface area (Å²) < 4.78 is 31.6. The van der Waals surface area contributed by atoms with Crippen LogP contribution in [0, 0.1) is 0 Å². The van der Waals surface area contributed by atoms with Crippen molar-refractivity contribution >= 4 is 41.2 Å². The van der Waals surface area contributed by atoms with Crippen molar-refractivity contribution in [3.63, 3.8) is 0 Å². The lowest BCUT2D eigenvalue weighted by Crippen LogP contribution is -2.31. The highest BCUT2D eigenvalue weighted by molar-refractivity contribution is 7.56. The summed E-state index contributed by atoms with van der Waals surface area (Å²) in [4.78, 5) is 17.6. The van der Waals surface area contributed by atoms with Gasteiger partial charge in [-0.3, -0.25) is 4.57 Å². The molecule has 0 bridgehead atoms. The minimum absolute atomic E-state index is 0.106. The van der Waals surface area contributed by atoms with E-state index in [4.69, 9.17) is 23.7 Å². The second-order valence-electron chi connectivity index (χ2n) is 7.89. The topological polar surface area (TPSA) is 124 Å². The molecule has 0 aromatic carbocycles. The quantitative estimate of drug-likeness (QED) is 0.342. The van der Waals surface area contributed by atoms with E-state index in [-0.39, 0.29) is 25.4 Å². The van der Waals surface area contributed by atoms with Gasteiger partial charge in [0.1, 0.15) is 25.6 Å². The van der Waals surface area contributed by atoms with E-state index in [1.807, 2.05) is 39.3 Å². The molecule has 0 aliphatic heterocycles. The van der Waals surface area contributed by atoms with Crippen LogP contribution in [0.5, 0.6) is 0 Å². The minimum atomic E-state index is -3.32. The molecule has 0 saturated heterocycles. The molecule has 0 aliphatic carbocycles. The fourth-order valence-corrected chi connectivity index (χ4v) is 10.1. The highest BCUT2D eigenvalue weighted by Gasteiger charge is 2.36. The summed E-state index contributed by atoms with van der Waals surface area (Å²) in [6.07, 6.45) is 2.70. The van der Waals surface area contributed by atoms with Gasteiger partial charge in [-0.1, -0.05) is 0 Å². The Morgan fingerprint density at radius 3 is 2.26 bits per heavy atom. The highest BCUT2D eigenvalue weighted by Crippen LogP contribution is 2.52. The van der Waals surface area contributed by atoms with E-state index in [1.54, 1.807) is 0 Å². The number of fused-ring (bicyclic) bond motifs is 1. The van der Waals surface area contributed by atoms with Crippen LogP contribution in [-0.4, -0.2) is 55.9 Å². The van der Waals surface area contributed by atoms with Gasteiger partial charge >= 0.3 is 7.60 Å². The molecule has 2 aromatic heterocycles. The lowest BCUT2D eigenvalue weighted by molar-refractivity contribution is 0.0526. The van der Waals surface area contributed by atoms with Crippen molar-refractivity contribution in [3.8, 4) is 0 Å². The van der Waals surface area contributed by atoms with Gasteiger partial charge in [-0.25, -0.2) is 15.0 Å². The van der Waals surface area contributed by atoms with Crippen molar-refractivity contribution < 1.29 is 22.6 Å². The van der Waals surface area contributed by atoms with E-state index in [0.717, 1.165) is 0 Å². The Labute approximate surface area is 161 Å². The van der Waals surface area contributed by atoms with Gasteiger partial charge in [0.2, 0.25) is 5.65 Å². The third-order valence-corrected chi connectivity index (χ3v) is 9.97. The number of anilines is 1. The SMILES string of the molecule is C[Si](C)(C)OP(=O)(COCCOn1cnc2c(N)ncnc21)O[Si](C)(C)C. The largest absolute Gasteiger partial charge is 0.408 e. The lowest BCUT2D eigenvalue weighted by atomic mass is 10.5. The van der Waals surface area contributed by atoms with E-state index < -0.39 is 24.2 Å². The zero-order chi connectivity index (χ0) is 20.3. The maximum Gasteiger partial charge on any atom is 0.336 e. The molecule has 0 spiro atoms. The number of rotatable bonds is 10. The van der Waals surface area contributed by atoms with Crippen LogP contribution in [0.3, 0.4) is 0 Å². The highest BCUT2D eigenvalue weighted by atomic mass is 31.2. The van der Waals surface area contributed by atoms with Crippen LogP contribution in [0.25, 0.3) is 11.2 Å². The molecule has 10 nitrogen and oxygen atoms in total. The Kier molecular flexibility index (Phi) is 6.82. The molecule has 0 aliphatic rings. The van der Waals surface area contributed by atoms with E-state index in [9.17, 15) is 4.57 Å². The number of nitrogens with two attached hydrogens (primary N) is 1. The predicted octanol–water partition coefficient (Wildman–Crippen LogP) is 2.71. The fraction of sp³-hybridized carbons (Fsp3) is 0.643. The average molecular weight is 434 g/mol. The monoisotopic (exact) mass is 433 g/mol. The summed E-state index contributed by atoms with van der Waals surface area (Å²) in [5.74, 6) is 0.284. The second-order valence-corrected chi connectivity index (χ2v) is 19.3.